The van der Waals surface area contributed by atoms with E-state index < -0.39 is 0 Å². The lowest BCUT2D eigenvalue weighted by atomic mass is 10.1. The van der Waals surface area contributed by atoms with Crippen molar-refractivity contribution < 1.29 is 4.74 Å². The normalized spacial score (nSPS) is 18.4. The van der Waals surface area contributed by atoms with Crippen molar-refractivity contribution in [3.05, 3.63) is 30.0 Å². The van der Waals surface area contributed by atoms with Gasteiger partial charge in [0.25, 0.3) is 0 Å². The van der Waals surface area contributed by atoms with Crippen LogP contribution in [0, 0.1) is 11.8 Å². The highest BCUT2D eigenvalue weighted by Crippen LogP contribution is 2.26. The Kier molecular flexibility index (Phi) is 4.57. The number of rotatable bonds is 3. The van der Waals surface area contributed by atoms with Crippen molar-refractivity contribution in [3.8, 4) is 11.8 Å². The molecule has 21 heavy (non-hydrogen) atoms. The van der Waals surface area contributed by atoms with Gasteiger partial charge in [-0.2, -0.15) is 5.10 Å². The van der Waals surface area contributed by atoms with Crippen molar-refractivity contribution in [3.63, 3.8) is 0 Å². The third kappa shape index (κ3) is 3.28. The van der Waals surface area contributed by atoms with Crippen LogP contribution in [0.5, 0.6) is 0 Å². The molecule has 0 amide bonds. The first-order chi connectivity index (χ1) is 10.4. The zero-order chi connectivity index (χ0) is 14.5. The molecule has 1 aromatic heterocycles. The first-order valence-electron chi connectivity index (χ1n) is 7.96. The lowest BCUT2D eigenvalue weighted by Crippen LogP contribution is -2.18. The van der Waals surface area contributed by atoms with Crippen LogP contribution in [0.3, 0.4) is 0 Å². The van der Waals surface area contributed by atoms with Crippen LogP contribution in [0.25, 0.3) is 10.9 Å². The summed E-state index contributed by atoms with van der Waals surface area (Å²) >= 11 is 0. The second kappa shape index (κ2) is 6.78. The number of ether oxygens (including phenoxy) is 1. The quantitative estimate of drug-likeness (QED) is 0.620. The molecular formula is C18H22N2O. The monoisotopic (exact) mass is 282 g/mol. The molecule has 0 bridgehead atoms. The molecule has 0 spiro atoms. The molecule has 3 nitrogen and oxygen atoms in total. The summed E-state index contributed by atoms with van der Waals surface area (Å²) in [6.07, 6.45) is 8.79. The van der Waals surface area contributed by atoms with Gasteiger partial charge >= 0.3 is 0 Å². The molecule has 0 radical (unpaired) electrons. The van der Waals surface area contributed by atoms with E-state index in [-0.39, 0.29) is 6.23 Å². The molecule has 1 saturated heterocycles. The minimum atomic E-state index is 0.0951. The van der Waals surface area contributed by atoms with Gasteiger partial charge < -0.3 is 4.74 Å². The molecule has 1 fully saturated rings. The number of fused-ring (bicyclic) bond motifs is 1. The fraction of sp³-hybridized carbons (Fsp3) is 0.500. The van der Waals surface area contributed by atoms with E-state index in [0.717, 1.165) is 42.3 Å². The molecule has 0 aliphatic carbocycles. The van der Waals surface area contributed by atoms with Gasteiger partial charge in [-0.05, 0) is 43.9 Å². The Labute approximate surface area is 126 Å². The average molecular weight is 282 g/mol. The van der Waals surface area contributed by atoms with Crippen molar-refractivity contribution in [1.29, 1.82) is 0 Å². The largest absolute Gasteiger partial charge is 0.356 e. The summed E-state index contributed by atoms with van der Waals surface area (Å²) < 4.78 is 7.84. The van der Waals surface area contributed by atoms with Gasteiger partial charge in [0.05, 0.1) is 11.7 Å². The topological polar surface area (TPSA) is 27.1 Å². The van der Waals surface area contributed by atoms with Crippen LogP contribution in [0.1, 0.15) is 57.2 Å². The molecule has 2 aromatic rings. The average Bonchev–Trinajstić information content (AvgIpc) is 2.95. The Morgan fingerprint density at radius 3 is 3.14 bits per heavy atom. The van der Waals surface area contributed by atoms with Gasteiger partial charge in [0.1, 0.15) is 0 Å². The summed E-state index contributed by atoms with van der Waals surface area (Å²) in [6, 6.07) is 6.33. The van der Waals surface area contributed by atoms with Crippen LogP contribution in [0.2, 0.25) is 0 Å². The summed E-state index contributed by atoms with van der Waals surface area (Å²) in [5.41, 5.74) is 2.21. The molecule has 110 valence electrons. The van der Waals surface area contributed by atoms with Crippen molar-refractivity contribution in [2.75, 3.05) is 6.61 Å². The van der Waals surface area contributed by atoms with Crippen molar-refractivity contribution in [1.82, 2.24) is 9.78 Å². The maximum atomic E-state index is 5.82. The lowest BCUT2D eigenvalue weighted by molar-refractivity contribution is -0.0366. The summed E-state index contributed by atoms with van der Waals surface area (Å²) in [7, 11) is 0. The number of hydrogen-bond acceptors (Lipinski definition) is 2. The van der Waals surface area contributed by atoms with Crippen LogP contribution in [-0.4, -0.2) is 16.4 Å². The van der Waals surface area contributed by atoms with Crippen LogP contribution in [0.15, 0.2) is 24.4 Å². The first kappa shape index (κ1) is 14.2. The third-order valence-electron chi connectivity index (χ3n) is 3.91. The first-order valence-corrected chi connectivity index (χ1v) is 7.96. The van der Waals surface area contributed by atoms with Gasteiger partial charge in [-0.15, -0.1) is 0 Å². The number of hydrogen-bond donors (Lipinski definition) is 0. The molecule has 1 unspecified atom stereocenters. The minimum absolute atomic E-state index is 0.0951. The van der Waals surface area contributed by atoms with Crippen LogP contribution < -0.4 is 0 Å². The SMILES string of the molecule is CCCCC#Cc1ccc2c(cnn2C2CCCCO2)c1. The molecule has 2 heterocycles. The summed E-state index contributed by atoms with van der Waals surface area (Å²) in [5, 5.41) is 5.66. The van der Waals surface area contributed by atoms with Crippen LogP contribution >= 0.6 is 0 Å². The molecule has 1 aromatic carbocycles. The molecule has 0 saturated carbocycles. The van der Waals surface area contributed by atoms with E-state index in [1.807, 2.05) is 10.9 Å². The number of aromatic nitrogens is 2. The van der Waals surface area contributed by atoms with E-state index in [0.29, 0.717) is 0 Å². The van der Waals surface area contributed by atoms with Gasteiger partial charge in [0.15, 0.2) is 6.23 Å². The molecule has 1 aliphatic heterocycles. The summed E-state index contributed by atoms with van der Waals surface area (Å²) in [5.74, 6) is 6.48. The molecule has 3 rings (SSSR count). The fourth-order valence-electron chi connectivity index (χ4n) is 2.71. The van der Waals surface area contributed by atoms with E-state index in [1.165, 1.54) is 19.3 Å². The molecular weight excluding hydrogens is 260 g/mol. The zero-order valence-electron chi connectivity index (χ0n) is 12.6. The minimum Gasteiger partial charge on any atom is -0.356 e. The van der Waals surface area contributed by atoms with Crippen molar-refractivity contribution in [2.45, 2.75) is 51.7 Å². The van der Waals surface area contributed by atoms with Crippen LogP contribution in [0.4, 0.5) is 0 Å². The number of nitrogens with zero attached hydrogens (tertiary/aromatic N) is 2. The van der Waals surface area contributed by atoms with Gasteiger partial charge in [-0.1, -0.05) is 25.2 Å². The molecule has 3 heteroatoms. The third-order valence-corrected chi connectivity index (χ3v) is 3.91. The van der Waals surface area contributed by atoms with E-state index in [2.05, 4.69) is 42.1 Å². The maximum Gasteiger partial charge on any atom is 0.150 e. The Hall–Kier alpha value is -1.79. The Morgan fingerprint density at radius 2 is 2.33 bits per heavy atom. The standard InChI is InChI=1S/C18H22N2O/c1-2-3-4-5-8-15-10-11-17-16(13-15)14-19-20(17)18-9-6-7-12-21-18/h10-11,13-14,18H,2-4,6-7,9,12H2,1H3. The van der Waals surface area contributed by atoms with E-state index in [4.69, 9.17) is 4.74 Å². The predicted octanol–water partition coefficient (Wildman–Crippen LogP) is 4.28. The Balaban J connectivity index is 1.81. The summed E-state index contributed by atoms with van der Waals surface area (Å²) in [4.78, 5) is 0. The highest BCUT2D eigenvalue weighted by Gasteiger charge is 2.18. The fourth-order valence-corrected chi connectivity index (χ4v) is 2.71. The highest BCUT2D eigenvalue weighted by atomic mass is 16.5. The predicted molar refractivity (Wildman–Crippen MR) is 85.0 cm³/mol. The maximum absolute atomic E-state index is 5.82. The van der Waals surface area contributed by atoms with Crippen molar-refractivity contribution in [2.24, 2.45) is 0 Å². The number of benzene rings is 1. The molecule has 0 N–H and O–H groups in total. The highest BCUT2D eigenvalue weighted by molar-refractivity contribution is 5.80. The molecule has 1 atom stereocenters. The number of unbranched alkanes of at least 4 members (excludes halogenated alkanes) is 2. The van der Waals surface area contributed by atoms with Gasteiger partial charge in [-0.3, -0.25) is 0 Å². The van der Waals surface area contributed by atoms with Crippen molar-refractivity contribution >= 4 is 10.9 Å². The zero-order valence-corrected chi connectivity index (χ0v) is 12.6. The smallest absolute Gasteiger partial charge is 0.150 e. The Morgan fingerprint density at radius 1 is 1.38 bits per heavy atom. The van der Waals surface area contributed by atoms with E-state index in [9.17, 15) is 0 Å². The van der Waals surface area contributed by atoms with Gasteiger partial charge in [-0.25, -0.2) is 4.68 Å². The second-order valence-corrected chi connectivity index (χ2v) is 5.59. The lowest BCUT2D eigenvalue weighted by Gasteiger charge is -2.23. The van der Waals surface area contributed by atoms with E-state index >= 15 is 0 Å². The second-order valence-electron chi connectivity index (χ2n) is 5.59. The van der Waals surface area contributed by atoms with Gasteiger partial charge in [0.2, 0.25) is 0 Å². The molecule has 1 aliphatic rings. The summed E-state index contributed by atoms with van der Waals surface area (Å²) in [6.45, 7) is 3.03. The van der Waals surface area contributed by atoms with E-state index in [1.54, 1.807) is 0 Å². The van der Waals surface area contributed by atoms with Gasteiger partial charge in [0, 0.05) is 24.0 Å². The van der Waals surface area contributed by atoms with Crippen LogP contribution in [-0.2, 0) is 4.74 Å². The Bertz CT molecular complexity index is 657.